The smallest absolute Gasteiger partial charge is 0.251 e. The van der Waals surface area contributed by atoms with Crippen LogP contribution < -0.4 is 11.3 Å². The van der Waals surface area contributed by atoms with Gasteiger partial charge in [-0.05, 0) is 12.2 Å². The van der Waals surface area contributed by atoms with Crippen LogP contribution in [0.15, 0.2) is 17.1 Å². The predicted molar refractivity (Wildman–Crippen MR) is 60.9 cm³/mol. The number of aliphatic hydroxyl groups is 2. The first-order valence-corrected chi connectivity index (χ1v) is 5.47. The number of nitrogens with two attached hydrogens (primary N) is 1. The lowest BCUT2D eigenvalue weighted by Crippen LogP contribution is -2.40. The molecule has 0 aliphatic carbocycles. The lowest BCUT2D eigenvalue weighted by atomic mass is 10.1. The molecule has 94 valence electrons. The molecule has 1 fully saturated rings. The van der Waals surface area contributed by atoms with E-state index < -0.39 is 24.5 Å². The van der Waals surface area contributed by atoms with E-state index in [1.807, 2.05) is 0 Å². The summed E-state index contributed by atoms with van der Waals surface area (Å²) in [5, 5.41) is 18.7. The minimum atomic E-state index is -0.973. The maximum atomic E-state index is 11.0. The molecule has 8 heteroatoms. The number of nitrogens with zero attached hydrogens (tertiary/aromatic N) is 1. The Kier molecular flexibility index (Phi) is 3.40. The highest BCUT2D eigenvalue weighted by molar-refractivity contribution is 7.71. The van der Waals surface area contributed by atoms with E-state index in [0.717, 1.165) is 0 Å². The summed E-state index contributed by atoms with van der Waals surface area (Å²) in [7, 11) is 0. The molecule has 4 unspecified atom stereocenters. The van der Waals surface area contributed by atoms with Gasteiger partial charge in [-0.2, -0.15) is 0 Å². The van der Waals surface area contributed by atoms with Crippen LogP contribution in [0.4, 0.5) is 0 Å². The number of H-pyrrole nitrogens is 1. The average molecular weight is 259 g/mol. The van der Waals surface area contributed by atoms with Crippen molar-refractivity contribution in [2.45, 2.75) is 24.5 Å². The Labute approximate surface area is 101 Å². The van der Waals surface area contributed by atoms with E-state index in [2.05, 4.69) is 4.98 Å². The van der Waals surface area contributed by atoms with Crippen molar-refractivity contribution < 1.29 is 14.9 Å². The maximum Gasteiger partial charge on any atom is 0.251 e. The van der Waals surface area contributed by atoms with E-state index in [-0.39, 0.29) is 16.9 Å². The van der Waals surface area contributed by atoms with Crippen LogP contribution in [0, 0.1) is 4.77 Å². The van der Waals surface area contributed by atoms with Gasteiger partial charge in [-0.1, -0.05) is 0 Å². The minimum Gasteiger partial charge on any atom is -0.394 e. The summed E-state index contributed by atoms with van der Waals surface area (Å²) >= 11 is 4.97. The van der Waals surface area contributed by atoms with Gasteiger partial charge in [-0.3, -0.25) is 14.3 Å². The van der Waals surface area contributed by atoms with Crippen molar-refractivity contribution in [3.8, 4) is 0 Å². The Hall–Kier alpha value is -1.06. The number of ether oxygens (including phenoxy) is 1. The third-order valence-electron chi connectivity index (χ3n) is 2.72. The molecule has 2 rings (SSSR count). The molecular formula is C9H13N3O4S. The molecule has 1 aromatic heterocycles. The second-order valence-corrected chi connectivity index (χ2v) is 4.22. The van der Waals surface area contributed by atoms with E-state index in [1.54, 1.807) is 0 Å². The zero-order valence-electron chi connectivity index (χ0n) is 8.81. The molecule has 1 aromatic rings. The number of nitrogens with one attached hydrogen (secondary N) is 1. The van der Waals surface area contributed by atoms with Crippen molar-refractivity contribution in [2.24, 2.45) is 5.73 Å². The van der Waals surface area contributed by atoms with Crippen molar-refractivity contribution >= 4 is 12.2 Å². The Balaban J connectivity index is 2.35. The molecule has 0 bridgehead atoms. The Morgan fingerprint density at radius 1 is 1.65 bits per heavy atom. The van der Waals surface area contributed by atoms with Crippen LogP contribution in [0.5, 0.6) is 0 Å². The van der Waals surface area contributed by atoms with E-state index in [0.29, 0.717) is 0 Å². The van der Waals surface area contributed by atoms with Crippen LogP contribution in [0.3, 0.4) is 0 Å². The lowest BCUT2D eigenvalue weighted by molar-refractivity contribution is -0.0458. The van der Waals surface area contributed by atoms with Gasteiger partial charge in [0, 0.05) is 12.3 Å². The summed E-state index contributed by atoms with van der Waals surface area (Å²) in [4.78, 5) is 13.5. The molecule has 7 nitrogen and oxygen atoms in total. The highest BCUT2D eigenvalue weighted by atomic mass is 32.1. The van der Waals surface area contributed by atoms with Gasteiger partial charge < -0.3 is 20.7 Å². The fourth-order valence-corrected chi connectivity index (χ4v) is 2.06. The third kappa shape index (κ3) is 2.17. The molecule has 0 radical (unpaired) electrons. The number of rotatable bonds is 2. The van der Waals surface area contributed by atoms with E-state index in [9.17, 15) is 9.90 Å². The Bertz CT molecular complexity index is 513. The first-order valence-electron chi connectivity index (χ1n) is 5.06. The molecule has 0 spiro atoms. The number of aromatic nitrogens is 2. The van der Waals surface area contributed by atoms with Gasteiger partial charge in [-0.15, -0.1) is 0 Å². The zero-order valence-corrected chi connectivity index (χ0v) is 9.63. The summed E-state index contributed by atoms with van der Waals surface area (Å²) in [5.41, 5.74) is 5.46. The molecule has 1 aliphatic rings. The summed E-state index contributed by atoms with van der Waals surface area (Å²) in [5.74, 6) is 0. The van der Waals surface area contributed by atoms with Crippen LogP contribution >= 0.6 is 12.2 Å². The van der Waals surface area contributed by atoms with Crippen LogP contribution in [0.25, 0.3) is 0 Å². The first kappa shape index (κ1) is 12.4. The largest absolute Gasteiger partial charge is 0.394 e. The molecule has 1 saturated heterocycles. The van der Waals surface area contributed by atoms with Gasteiger partial charge in [0.25, 0.3) is 5.56 Å². The molecule has 4 atom stereocenters. The van der Waals surface area contributed by atoms with Crippen LogP contribution in [0.1, 0.15) is 6.23 Å². The number of aliphatic hydroxyl groups excluding tert-OH is 2. The number of aromatic amines is 1. The van der Waals surface area contributed by atoms with Gasteiger partial charge in [-0.25, -0.2) is 0 Å². The highest BCUT2D eigenvalue weighted by Crippen LogP contribution is 2.27. The lowest BCUT2D eigenvalue weighted by Gasteiger charge is -2.18. The van der Waals surface area contributed by atoms with Crippen molar-refractivity contribution in [1.82, 2.24) is 9.55 Å². The summed E-state index contributed by atoms with van der Waals surface area (Å²) in [6.07, 6.45) is -0.979. The van der Waals surface area contributed by atoms with E-state index in [4.69, 9.17) is 27.8 Å². The molecule has 2 heterocycles. The first-order chi connectivity index (χ1) is 8.04. The van der Waals surface area contributed by atoms with Gasteiger partial charge in [0.1, 0.15) is 12.2 Å². The van der Waals surface area contributed by atoms with Crippen molar-refractivity contribution in [3.63, 3.8) is 0 Å². The van der Waals surface area contributed by atoms with Crippen LogP contribution in [-0.4, -0.2) is 44.6 Å². The molecule has 0 amide bonds. The number of hydrogen-bond acceptors (Lipinski definition) is 6. The van der Waals surface area contributed by atoms with Gasteiger partial charge in [0.15, 0.2) is 11.0 Å². The minimum absolute atomic E-state index is 0.156. The Morgan fingerprint density at radius 2 is 2.35 bits per heavy atom. The standard InChI is InChI=1S/C9H13N3O4S/c10-6-7(15)4(3-13)16-8(6)12-2-1-5(14)11-9(12)17/h1-2,4,6-8,13,15H,3,10H2,(H,11,14,17). The van der Waals surface area contributed by atoms with Crippen molar-refractivity contribution in [2.75, 3.05) is 6.61 Å². The monoisotopic (exact) mass is 259 g/mol. The zero-order chi connectivity index (χ0) is 12.6. The van der Waals surface area contributed by atoms with Gasteiger partial charge in [0.2, 0.25) is 0 Å². The number of hydrogen-bond donors (Lipinski definition) is 4. The predicted octanol–water partition coefficient (Wildman–Crippen LogP) is -1.52. The topological polar surface area (TPSA) is 114 Å². The summed E-state index contributed by atoms with van der Waals surface area (Å²) < 4.78 is 6.99. The van der Waals surface area contributed by atoms with E-state index in [1.165, 1.54) is 16.8 Å². The fourth-order valence-electron chi connectivity index (χ4n) is 1.80. The SMILES string of the molecule is NC1C(O)C(CO)OC1n1ccc(=O)[nH]c1=S. The molecule has 17 heavy (non-hydrogen) atoms. The third-order valence-corrected chi connectivity index (χ3v) is 3.04. The van der Waals surface area contributed by atoms with E-state index >= 15 is 0 Å². The second kappa shape index (κ2) is 4.67. The van der Waals surface area contributed by atoms with Gasteiger partial charge in [0.05, 0.1) is 12.6 Å². The molecule has 0 saturated carbocycles. The highest BCUT2D eigenvalue weighted by Gasteiger charge is 2.42. The second-order valence-electron chi connectivity index (χ2n) is 3.83. The van der Waals surface area contributed by atoms with Gasteiger partial charge >= 0.3 is 0 Å². The molecule has 0 aromatic carbocycles. The molecule has 1 aliphatic heterocycles. The summed E-state index contributed by atoms with van der Waals surface area (Å²) in [6.45, 7) is -0.331. The fraction of sp³-hybridized carbons (Fsp3) is 0.556. The van der Waals surface area contributed by atoms with Crippen molar-refractivity contribution in [1.29, 1.82) is 0 Å². The normalized spacial score (nSPS) is 32.9. The van der Waals surface area contributed by atoms with Crippen molar-refractivity contribution in [3.05, 3.63) is 27.4 Å². The maximum absolute atomic E-state index is 11.0. The van der Waals surface area contributed by atoms with Crippen LogP contribution in [-0.2, 0) is 4.74 Å². The molecule has 5 N–H and O–H groups in total. The quantitative estimate of drug-likeness (QED) is 0.480. The molecular weight excluding hydrogens is 246 g/mol. The average Bonchev–Trinajstić information content (AvgIpc) is 2.57. The Morgan fingerprint density at radius 3 is 2.88 bits per heavy atom. The summed E-state index contributed by atoms with van der Waals surface area (Å²) in [6, 6.07) is 0.564. The van der Waals surface area contributed by atoms with Crippen LogP contribution in [0.2, 0.25) is 0 Å².